The number of nitrogens with one attached hydrogen (secondary N) is 1. The first-order chi connectivity index (χ1) is 9.91. The third-order valence-corrected chi connectivity index (χ3v) is 4.83. The summed E-state index contributed by atoms with van der Waals surface area (Å²) in [5, 5.41) is 3.43. The maximum Gasteiger partial charge on any atom is 0.243 e. The predicted octanol–water partition coefficient (Wildman–Crippen LogP) is 4.32. The lowest BCUT2D eigenvalue weighted by Gasteiger charge is -2.40. The van der Waals surface area contributed by atoms with Crippen molar-refractivity contribution in [2.75, 3.05) is 5.32 Å². The monoisotopic (exact) mass is 352 g/mol. The average molecular weight is 353 g/mol. The van der Waals surface area contributed by atoms with Gasteiger partial charge in [-0.1, -0.05) is 48.7 Å². The number of carbonyl (C=O) groups excluding carboxylic acids is 1. The summed E-state index contributed by atoms with van der Waals surface area (Å²) >= 11 is 3.47. The second-order valence-corrected chi connectivity index (χ2v) is 7.59. The third-order valence-electron chi connectivity index (χ3n) is 4.34. The van der Waals surface area contributed by atoms with Crippen molar-refractivity contribution < 1.29 is 4.79 Å². The maximum absolute atomic E-state index is 12.1. The molecule has 1 aliphatic carbocycles. The Morgan fingerprint density at radius 2 is 2.29 bits per heavy atom. The lowest BCUT2D eigenvalue weighted by molar-refractivity contribution is -0.123. The highest BCUT2D eigenvalue weighted by atomic mass is 79.9. The van der Waals surface area contributed by atoms with E-state index in [1.165, 1.54) is 6.42 Å². The van der Waals surface area contributed by atoms with E-state index in [0.29, 0.717) is 11.8 Å². The van der Waals surface area contributed by atoms with E-state index < -0.39 is 5.54 Å². The molecule has 0 aromatic heterocycles. The normalized spacial score (nSPS) is 25.8. The number of hydrogen-bond donors (Lipinski definition) is 2. The summed E-state index contributed by atoms with van der Waals surface area (Å²) in [5.41, 5.74) is 6.12. The fraction of sp³-hybridized carbons (Fsp3) is 0.588. The van der Waals surface area contributed by atoms with Gasteiger partial charge in [-0.05, 0) is 49.3 Å². The summed E-state index contributed by atoms with van der Waals surface area (Å²) in [6.45, 7) is 4.48. The molecule has 0 bridgehead atoms. The van der Waals surface area contributed by atoms with Crippen molar-refractivity contribution in [3.63, 3.8) is 0 Å². The van der Waals surface area contributed by atoms with Gasteiger partial charge in [-0.25, -0.2) is 0 Å². The quantitative estimate of drug-likeness (QED) is 0.828. The molecule has 1 saturated carbocycles. The number of halogens is 1. The van der Waals surface area contributed by atoms with Crippen molar-refractivity contribution in [3.05, 3.63) is 28.7 Å². The molecule has 1 fully saturated rings. The first-order valence-corrected chi connectivity index (χ1v) is 8.54. The van der Waals surface area contributed by atoms with Crippen LogP contribution in [0.25, 0.3) is 0 Å². The zero-order valence-corrected chi connectivity index (χ0v) is 14.4. The van der Waals surface area contributed by atoms with Gasteiger partial charge in [0.2, 0.25) is 5.91 Å². The summed E-state index contributed by atoms with van der Waals surface area (Å²) in [6.07, 6.45) is 5.08. The van der Waals surface area contributed by atoms with Gasteiger partial charge in [-0.3, -0.25) is 4.79 Å². The molecule has 4 heteroatoms. The Morgan fingerprint density at radius 3 is 2.90 bits per heavy atom. The van der Waals surface area contributed by atoms with Crippen LogP contribution in [-0.4, -0.2) is 11.4 Å². The summed E-state index contributed by atoms with van der Waals surface area (Å²) in [5.74, 6) is 1.01. The number of hydrogen-bond acceptors (Lipinski definition) is 2. The molecule has 0 heterocycles. The van der Waals surface area contributed by atoms with E-state index in [1.807, 2.05) is 24.3 Å². The molecule has 116 valence electrons. The molecule has 0 spiro atoms. The van der Waals surface area contributed by atoms with Crippen LogP contribution in [0.5, 0.6) is 0 Å². The van der Waals surface area contributed by atoms with E-state index in [2.05, 4.69) is 35.1 Å². The van der Waals surface area contributed by atoms with Gasteiger partial charge in [0.25, 0.3) is 0 Å². The van der Waals surface area contributed by atoms with Gasteiger partial charge in [0.05, 0.1) is 0 Å². The first-order valence-electron chi connectivity index (χ1n) is 7.75. The van der Waals surface area contributed by atoms with Crippen LogP contribution in [0.4, 0.5) is 5.69 Å². The van der Waals surface area contributed by atoms with Gasteiger partial charge in [0.15, 0.2) is 0 Å². The van der Waals surface area contributed by atoms with Gasteiger partial charge in [0, 0.05) is 10.2 Å². The molecule has 3 N–H and O–H groups in total. The van der Waals surface area contributed by atoms with Crippen molar-refractivity contribution >= 4 is 27.5 Å². The molecular weight excluding hydrogens is 328 g/mol. The van der Waals surface area contributed by atoms with Gasteiger partial charge in [-0.2, -0.15) is 0 Å². The summed E-state index contributed by atoms with van der Waals surface area (Å²) in [6, 6.07) is 7.93. The maximum atomic E-state index is 12.1. The first kappa shape index (κ1) is 16.3. The Kier molecular flexibility index (Phi) is 5.31. The molecule has 2 unspecified atom stereocenters. The molecule has 2 atom stereocenters. The minimum atomic E-state index is -0.599. The molecule has 3 nitrogen and oxygen atoms in total. The summed E-state index contributed by atoms with van der Waals surface area (Å²) < 4.78 is 1.00. The Labute approximate surface area is 135 Å². The molecule has 2 rings (SSSR count). The molecular formula is C17H25BrN2O. The number of nitrogens with two attached hydrogens (primary N) is 1. The van der Waals surface area contributed by atoms with E-state index in [1.54, 1.807) is 0 Å². The summed E-state index contributed by atoms with van der Waals surface area (Å²) in [4.78, 5) is 12.1. The van der Waals surface area contributed by atoms with E-state index >= 15 is 0 Å². The number of benzene rings is 1. The number of amides is 1. The Bertz CT molecular complexity index is 503. The second-order valence-electron chi connectivity index (χ2n) is 6.67. The molecule has 0 saturated heterocycles. The SMILES string of the molecule is CC(C)CC1CCCC(Nc2cccc(Br)c2)(C(N)=O)C1. The number of primary amides is 1. The van der Waals surface area contributed by atoms with E-state index in [0.717, 1.165) is 35.8 Å². The topological polar surface area (TPSA) is 55.1 Å². The number of anilines is 1. The largest absolute Gasteiger partial charge is 0.371 e. The Balaban J connectivity index is 2.18. The third kappa shape index (κ3) is 4.22. The summed E-state index contributed by atoms with van der Waals surface area (Å²) in [7, 11) is 0. The Hall–Kier alpha value is -1.03. The van der Waals surface area contributed by atoms with E-state index in [-0.39, 0.29) is 5.91 Å². The second kappa shape index (κ2) is 6.82. The fourth-order valence-electron chi connectivity index (χ4n) is 3.50. The van der Waals surface area contributed by atoms with Crippen LogP contribution in [0.3, 0.4) is 0 Å². The predicted molar refractivity (Wildman–Crippen MR) is 91.1 cm³/mol. The van der Waals surface area contributed by atoms with Crippen LogP contribution in [0.2, 0.25) is 0 Å². The minimum Gasteiger partial charge on any atom is -0.371 e. The fourth-order valence-corrected chi connectivity index (χ4v) is 3.90. The van der Waals surface area contributed by atoms with Gasteiger partial charge in [-0.15, -0.1) is 0 Å². The van der Waals surface area contributed by atoms with Crippen LogP contribution in [0, 0.1) is 11.8 Å². The molecule has 0 radical (unpaired) electrons. The van der Waals surface area contributed by atoms with Crippen molar-refractivity contribution in [1.82, 2.24) is 0 Å². The van der Waals surface area contributed by atoms with Gasteiger partial charge < -0.3 is 11.1 Å². The standard InChI is InChI=1S/C17H25BrN2O/c1-12(2)9-13-5-4-8-17(11-13,16(19)21)20-15-7-3-6-14(18)10-15/h3,6-7,10,12-13,20H,4-5,8-9,11H2,1-2H3,(H2,19,21). The van der Waals surface area contributed by atoms with Crippen LogP contribution in [0.1, 0.15) is 46.0 Å². The van der Waals surface area contributed by atoms with Crippen LogP contribution in [0.15, 0.2) is 28.7 Å². The lowest BCUT2D eigenvalue weighted by Crippen LogP contribution is -2.53. The molecule has 1 aliphatic rings. The number of rotatable bonds is 5. The molecule has 0 aliphatic heterocycles. The highest BCUT2D eigenvalue weighted by Crippen LogP contribution is 2.38. The van der Waals surface area contributed by atoms with Crippen LogP contribution in [-0.2, 0) is 4.79 Å². The van der Waals surface area contributed by atoms with Crippen molar-refractivity contribution in [1.29, 1.82) is 0 Å². The molecule has 1 aromatic carbocycles. The van der Waals surface area contributed by atoms with E-state index in [4.69, 9.17) is 5.73 Å². The molecule has 1 aromatic rings. The zero-order valence-electron chi connectivity index (χ0n) is 12.9. The van der Waals surface area contributed by atoms with Crippen LogP contribution < -0.4 is 11.1 Å². The smallest absolute Gasteiger partial charge is 0.243 e. The zero-order chi connectivity index (χ0) is 15.5. The van der Waals surface area contributed by atoms with Crippen molar-refractivity contribution in [2.24, 2.45) is 17.6 Å². The van der Waals surface area contributed by atoms with Gasteiger partial charge >= 0.3 is 0 Å². The van der Waals surface area contributed by atoms with Crippen molar-refractivity contribution in [3.8, 4) is 0 Å². The van der Waals surface area contributed by atoms with Crippen molar-refractivity contribution in [2.45, 2.75) is 51.5 Å². The molecule has 21 heavy (non-hydrogen) atoms. The lowest BCUT2D eigenvalue weighted by atomic mass is 9.72. The Morgan fingerprint density at radius 1 is 1.52 bits per heavy atom. The average Bonchev–Trinajstić information content (AvgIpc) is 2.38. The highest BCUT2D eigenvalue weighted by Gasteiger charge is 2.41. The van der Waals surface area contributed by atoms with E-state index in [9.17, 15) is 4.79 Å². The highest BCUT2D eigenvalue weighted by molar-refractivity contribution is 9.10. The van der Waals surface area contributed by atoms with Crippen LogP contribution >= 0.6 is 15.9 Å². The molecule has 1 amide bonds. The number of carbonyl (C=O) groups is 1. The van der Waals surface area contributed by atoms with Gasteiger partial charge in [0.1, 0.15) is 5.54 Å². The minimum absolute atomic E-state index is 0.226.